The van der Waals surface area contributed by atoms with Gasteiger partial charge in [-0.05, 0) is 58.5 Å². The summed E-state index contributed by atoms with van der Waals surface area (Å²) in [4.78, 5) is 5.21. The lowest BCUT2D eigenvalue weighted by Gasteiger charge is -2.24. The first kappa shape index (κ1) is 26.5. The number of rotatable bonds is 4. The molecule has 0 saturated carbocycles. The molecule has 4 heteroatoms. The molecule has 208 valence electrons. The van der Waals surface area contributed by atoms with Gasteiger partial charge in [0.15, 0.2) is 0 Å². The topological polar surface area (TPSA) is 31.0 Å². The van der Waals surface area contributed by atoms with Crippen LogP contribution in [0.3, 0.4) is 0 Å². The van der Waals surface area contributed by atoms with Crippen molar-refractivity contribution in [3.05, 3.63) is 115 Å². The number of imidazole rings is 1. The molecule has 0 aliphatic heterocycles. The van der Waals surface area contributed by atoms with Crippen LogP contribution in [0.5, 0.6) is 0 Å². The number of hydrogen-bond donors (Lipinski definition) is 0. The van der Waals surface area contributed by atoms with Gasteiger partial charge in [0.25, 0.3) is 0 Å². The number of aromatic nitrogens is 2. The van der Waals surface area contributed by atoms with Crippen molar-refractivity contribution >= 4 is 46.2 Å². The summed E-state index contributed by atoms with van der Waals surface area (Å²) in [6.45, 7) is 14.0. The minimum atomic E-state index is -1.53. The van der Waals surface area contributed by atoms with Gasteiger partial charge in [-0.25, -0.2) is 4.98 Å². The number of fused-ring (bicyclic) bond motifs is 4. The average molecular weight is 565 g/mol. The Morgan fingerprint density at radius 3 is 2.21 bits per heavy atom. The molecule has 0 saturated heterocycles. The Morgan fingerprint density at radius 1 is 0.690 bits per heavy atom. The number of hydrogen-bond acceptors (Lipinski definition) is 2. The molecule has 0 spiro atoms. The Balaban J connectivity index is 1.48. The van der Waals surface area contributed by atoms with Gasteiger partial charge in [0.1, 0.15) is 17.0 Å². The summed E-state index contributed by atoms with van der Waals surface area (Å²) in [6, 6.07) is 39.0. The van der Waals surface area contributed by atoms with Crippen LogP contribution < -0.4 is 5.19 Å². The maximum atomic E-state index is 6.77. The molecule has 7 rings (SSSR count). The second-order valence-corrected chi connectivity index (χ2v) is 18.4. The van der Waals surface area contributed by atoms with Gasteiger partial charge in [0.05, 0.1) is 30.4 Å². The van der Waals surface area contributed by atoms with E-state index in [2.05, 4.69) is 154 Å². The second-order valence-electron chi connectivity index (χ2n) is 13.3. The normalized spacial score (nSPS) is 12.5. The molecule has 0 unspecified atom stereocenters. The molecular formula is C38H36N2OSi. The van der Waals surface area contributed by atoms with Crippen LogP contribution in [-0.2, 0) is 5.41 Å². The smallest absolute Gasteiger partial charge is 0.149 e. The number of benzene rings is 5. The third-order valence-electron chi connectivity index (χ3n) is 8.30. The van der Waals surface area contributed by atoms with Crippen molar-refractivity contribution in [2.24, 2.45) is 0 Å². The van der Waals surface area contributed by atoms with Crippen molar-refractivity contribution in [3.8, 4) is 28.2 Å². The highest BCUT2D eigenvalue weighted by Crippen LogP contribution is 2.40. The van der Waals surface area contributed by atoms with Crippen molar-refractivity contribution < 1.29 is 4.42 Å². The largest absolute Gasteiger partial charge is 0.455 e. The van der Waals surface area contributed by atoms with Gasteiger partial charge in [-0.3, -0.25) is 4.57 Å². The molecule has 0 aliphatic rings. The van der Waals surface area contributed by atoms with Gasteiger partial charge < -0.3 is 4.42 Å². The van der Waals surface area contributed by atoms with E-state index >= 15 is 0 Å². The highest BCUT2D eigenvalue weighted by atomic mass is 28.3. The number of furan rings is 1. The molecule has 42 heavy (non-hydrogen) atoms. The minimum Gasteiger partial charge on any atom is -0.455 e. The molecule has 0 atom stereocenters. The summed E-state index contributed by atoms with van der Waals surface area (Å²) in [7, 11) is -1.53. The fourth-order valence-electron chi connectivity index (χ4n) is 6.28. The van der Waals surface area contributed by atoms with E-state index in [-0.39, 0.29) is 5.41 Å². The van der Waals surface area contributed by atoms with Gasteiger partial charge in [-0.2, -0.15) is 0 Å². The predicted molar refractivity (Wildman–Crippen MR) is 181 cm³/mol. The Kier molecular flexibility index (Phi) is 6.03. The standard InChI is InChI=1S/C38H36N2OSi/c1-38(2,3)30-17-8-10-19-32(30)40-33-20-11-9-18-31(33)39-37(40)29-16-13-15-28-27-23-22-25(24-34(27)41-36(28)29)26-14-7-12-21-35(26)42(4,5)6/h7-24H,1-6H3. The quantitative estimate of drug-likeness (QED) is 0.199. The highest BCUT2D eigenvalue weighted by molar-refractivity contribution is 6.89. The van der Waals surface area contributed by atoms with Crippen molar-refractivity contribution in [1.29, 1.82) is 0 Å². The average Bonchev–Trinajstić information content (AvgIpc) is 3.54. The first-order valence-electron chi connectivity index (χ1n) is 14.7. The van der Waals surface area contributed by atoms with Crippen molar-refractivity contribution in [2.75, 3.05) is 0 Å². The van der Waals surface area contributed by atoms with Gasteiger partial charge in [-0.15, -0.1) is 0 Å². The molecular weight excluding hydrogens is 529 g/mol. The SMILES string of the molecule is CC(C)(C)c1ccccc1-n1c(-c2cccc3c2oc2cc(-c4ccccc4[Si](C)(C)C)ccc23)nc2ccccc21. The van der Waals surface area contributed by atoms with Crippen LogP contribution in [0.15, 0.2) is 114 Å². The van der Waals surface area contributed by atoms with E-state index in [1.807, 2.05) is 0 Å². The Morgan fingerprint density at radius 2 is 1.40 bits per heavy atom. The lowest BCUT2D eigenvalue weighted by Crippen LogP contribution is -2.38. The van der Waals surface area contributed by atoms with Crippen LogP contribution in [0.2, 0.25) is 19.6 Å². The lowest BCUT2D eigenvalue weighted by atomic mass is 9.85. The summed E-state index contributed by atoms with van der Waals surface area (Å²) in [5, 5.41) is 3.70. The van der Waals surface area contributed by atoms with E-state index in [9.17, 15) is 0 Å². The molecule has 0 aliphatic carbocycles. The van der Waals surface area contributed by atoms with Crippen LogP contribution in [0.4, 0.5) is 0 Å². The Bertz CT molecular complexity index is 2120. The van der Waals surface area contributed by atoms with Crippen LogP contribution in [-0.4, -0.2) is 17.6 Å². The Hall–Kier alpha value is -4.41. The zero-order chi connectivity index (χ0) is 29.2. The van der Waals surface area contributed by atoms with Gasteiger partial charge >= 0.3 is 0 Å². The monoisotopic (exact) mass is 564 g/mol. The number of para-hydroxylation sites is 4. The highest BCUT2D eigenvalue weighted by Gasteiger charge is 2.25. The summed E-state index contributed by atoms with van der Waals surface area (Å²) >= 11 is 0. The van der Waals surface area contributed by atoms with E-state index in [0.29, 0.717) is 0 Å². The van der Waals surface area contributed by atoms with E-state index in [4.69, 9.17) is 9.40 Å². The molecule has 3 nitrogen and oxygen atoms in total. The van der Waals surface area contributed by atoms with Gasteiger partial charge in [0.2, 0.25) is 0 Å². The summed E-state index contributed by atoms with van der Waals surface area (Å²) < 4.78 is 9.08. The first-order chi connectivity index (χ1) is 20.1. The molecule has 7 aromatic rings. The minimum absolute atomic E-state index is 0.0345. The lowest BCUT2D eigenvalue weighted by molar-refractivity contribution is 0.587. The molecule has 2 aromatic heterocycles. The summed E-state index contributed by atoms with van der Waals surface area (Å²) in [5.41, 5.74) is 9.71. The van der Waals surface area contributed by atoms with Gasteiger partial charge in [0, 0.05) is 10.8 Å². The van der Waals surface area contributed by atoms with E-state index in [1.165, 1.54) is 21.9 Å². The summed E-state index contributed by atoms with van der Waals surface area (Å²) in [6.07, 6.45) is 0. The fourth-order valence-corrected chi connectivity index (χ4v) is 7.92. The van der Waals surface area contributed by atoms with E-state index in [0.717, 1.165) is 50.0 Å². The third kappa shape index (κ3) is 4.29. The molecule has 0 fully saturated rings. The molecule has 0 N–H and O–H groups in total. The predicted octanol–water partition coefficient (Wildman–Crippen LogP) is 10.1. The van der Waals surface area contributed by atoms with Crippen LogP contribution in [0, 0.1) is 0 Å². The zero-order valence-electron chi connectivity index (χ0n) is 25.2. The molecule has 2 heterocycles. The van der Waals surface area contributed by atoms with Gasteiger partial charge in [-0.1, -0.05) is 118 Å². The molecule has 0 bridgehead atoms. The van der Waals surface area contributed by atoms with E-state index < -0.39 is 8.07 Å². The maximum Gasteiger partial charge on any atom is 0.149 e. The molecule has 5 aromatic carbocycles. The van der Waals surface area contributed by atoms with Crippen LogP contribution >= 0.6 is 0 Å². The summed E-state index contributed by atoms with van der Waals surface area (Å²) in [5.74, 6) is 0.891. The van der Waals surface area contributed by atoms with Crippen molar-refractivity contribution in [1.82, 2.24) is 9.55 Å². The number of nitrogens with zero attached hydrogens (tertiary/aromatic N) is 2. The molecule has 0 radical (unpaired) electrons. The molecule has 0 amide bonds. The first-order valence-corrected chi connectivity index (χ1v) is 18.2. The fraction of sp³-hybridized carbons (Fsp3) is 0.184. The second kappa shape index (κ2) is 9.57. The van der Waals surface area contributed by atoms with Crippen molar-refractivity contribution in [2.45, 2.75) is 45.8 Å². The maximum absolute atomic E-state index is 6.77. The zero-order valence-corrected chi connectivity index (χ0v) is 26.2. The van der Waals surface area contributed by atoms with E-state index in [1.54, 1.807) is 0 Å². The Labute approximate surface area is 248 Å². The van der Waals surface area contributed by atoms with Crippen LogP contribution in [0.1, 0.15) is 26.3 Å². The van der Waals surface area contributed by atoms with Crippen LogP contribution in [0.25, 0.3) is 61.2 Å². The third-order valence-corrected chi connectivity index (χ3v) is 10.4. The van der Waals surface area contributed by atoms with Crippen molar-refractivity contribution in [3.63, 3.8) is 0 Å².